The lowest BCUT2D eigenvalue weighted by Gasteiger charge is -2.63. The second-order valence-electron chi connectivity index (χ2n) is 9.84. The second-order valence-corrected chi connectivity index (χ2v) is 10.2. The van der Waals surface area contributed by atoms with Gasteiger partial charge < -0.3 is 10.1 Å². The van der Waals surface area contributed by atoms with Gasteiger partial charge in [-0.2, -0.15) is 5.26 Å². The third kappa shape index (κ3) is 4.02. The third-order valence-electron chi connectivity index (χ3n) is 6.50. The number of nitrogens with zero attached hydrogens (tertiary/aromatic N) is 2. The largest absolute Gasteiger partial charge is 0.489 e. The van der Waals surface area contributed by atoms with Gasteiger partial charge in [-0.05, 0) is 36.6 Å². The molecule has 0 saturated heterocycles. The summed E-state index contributed by atoms with van der Waals surface area (Å²) >= 11 is 6.31. The van der Waals surface area contributed by atoms with Crippen LogP contribution < -0.4 is 10.1 Å². The first kappa shape index (κ1) is 23.1. The van der Waals surface area contributed by atoms with Gasteiger partial charge in [0.05, 0.1) is 10.6 Å². The van der Waals surface area contributed by atoms with E-state index in [2.05, 4.69) is 57.9 Å². The molecule has 2 aromatic rings. The molecule has 3 rings (SSSR count). The first-order valence-corrected chi connectivity index (χ1v) is 10.9. The van der Waals surface area contributed by atoms with Crippen molar-refractivity contribution in [1.29, 1.82) is 5.26 Å². The summed E-state index contributed by atoms with van der Waals surface area (Å²) in [6.07, 6.45) is 1.62. The maximum atomic E-state index is 12.9. The lowest BCUT2D eigenvalue weighted by molar-refractivity contribution is -0.164. The summed E-state index contributed by atoms with van der Waals surface area (Å²) in [5, 5.41) is 12.8. The number of carbonyl (C=O) groups excluding carboxylic acids is 1. The zero-order valence-electron chi connectivity index (χ0n) is 19.2. The van der Waals surface area contributed by atoms with E-state index in [1.807, 2.05) is 13.0 Å². The zero-order chi connectivity index (χ0) is 23.1. The normalized spacial score (nSPS) is 21.2. The van der Waals surface area contributed by atoms with Crippen molar-refractivity contribution in [3.8, 4) is 11.8 Å². The fourth-order valence-electron chi connectivity index (χ4n) is 4.89. The van der Waals surface area contributed by atoms with E-state index in [0.717, 1.165) is 11.1 Å². The first-order chi connectivity index (χ1) is 14.4. The van der Waals surface area contributed by atoms with E-state index in [0.29, 0.717) is 27.9 Å². The molecule has 1 aliphatic rings. The van der Waals surface area contributed by atoms with E-state index in [9.17, 15) is 10.1 Å². The van der Waals surface area contributed by atoms with Crippen LogP contribution in [-0.4, -0.2) is 23.0 Å². The predicted octanol–water partition coefficient (Wildman–Crippen LogP) is 5.65. The van der Waals surface area contributed by atoms with Crippen molar-refractivity contribution in [2.24, 2.45) is 10.8 Å². The Morgan fingerprint density at radius 2 is 1.84 bits per heavy atom. The maximum Gasteiger partial charge on any atom is 0.270 e. The van der Waals surface area contributed by atoms with Gasteiger partial charge in [0.25, 0.3) is 5.91 Å². The van der Waals surface area contributed by atoms with Crippen molar-refractivity contribution in [3.63, 3.8) is 0 Å². The van der Waals surface area contributed by atoms with Crippen molar-refractivity contribution in [2.75, 3.05) is 0 Å². The number of rotatable bonds is 5. The van der Waals surface area contributed by atoms with Crippen LogP contribution in [-0.2, 0) is 0 Å². The molecule has 0 radical (unpaired) electrons. The summed E-state index contributed by atoms with van der Waals surface area (Å²) in [6.45, 7) is 14.4. The number of benzene rings is 1. The Morgan fingerprint density at radius 1 is 1.19 bits per heavy atom. The molecule has 31 heavy (non-hydrogen) atoms. The van der Waals surface area contributed by atoms with Gasteiger partial charge in [-0.15, -0.1) is 0 Å². The fraction of sp³-hybridized carbons (Fsp3) is 0.480. The van der Waals surface area contributed by atoms with Gasteiger partial charge in [0.2, 0.25) is 0 Å². The molecule has 1 aromatic carbocycles. The number of hydrogen-bond acceptors (Lipinski definition) is 4. The fourth-order valence-corrected chi connectivity index (χ4v) is 5.09. The van der Waals surface area contributed by atoms with Crippen LogP contribution in [0, 0.1) is 29.1 Å². The minimum Gasteiger partial charge on any atom is -0.489 e. The van der Waals surface area contributed by atoms with Crippen molar-refractivity contribution < 1.29 is 9.53 Å². The van der Waals surface area contributed by atoms with E-state index >= 15 is 0 Å². The Balaban J connectivity index is 1.77. The van der Waals surface area contributed by atoms with E-state index < -0.39 is 0 Å². The first-order valence-electron chi connectivity index (χ1n) is 10.5. The summed E-state index contributed by atoms with van der Waals surface area (Å²) in [6, 6.07) is 9.18. The number of pyridine rings is 1. The minimum atomic E-state index is -0.316. The van der Waals surface area contributed by atoms with Gasteiger partial charge in [0.1, 0.15) is 23.6 Å². The topological polar surface area (TPSA) is 75.0 Å². The molecule has 1 heterocycles. The molecular weight excluding hydrogens is 410 g/mol. The zero-order valence-corrected chi connectivity index (χ0v) is 20.0. The Morgan fingerprint density at radius 3 is 2.35 bits per heavy atom. The third-order valence-corrected chi connectivity index (χ3v) is 6.99. The number of nitriles is 1. The van der Waals surface area contributed by atoms with Crippen LogP contribution in [0.15, 0.2) is 30.5 Å². The highest BCUT2D eigenvalue weighted by atomic mass is 35.5. The Hall–Kier alpha value is -2.58. The molecule has 0 bridgehead atoms. The van der Waals surface area contributed by atoms with Crippen LogP contribution in [0.25, 0.3) is 0 Å². The van der Waals surface area contributed by atoms with E-state index in [-0.39, 0.29) is 28.9 Å². The van der Waals surface area contributed by atoms with Crippen molar-refractivity contribution in [3.05, 3.63) is 57.9 Å². The molecule has 6 heteroatoms. The highest BCUT2D eigenvalue weighted by Gasteiger charge is 2.64. The summed E-state index contributed by atoms with van der Waals surface area (Å²) in [4.78, 5) is 17.2. The monoisotopic (exact) mass is 439 g/mol. The van der Waals surface area contributed by atoms with Crippen LogP contribution in [0.3, 0.4) is 0 Å². The predicted molar refractivity (Wildman–Crippen MR) is 122 cm³/mol. The van der Waals surface area contributed by atoms with Crippen LogP contribution >= 0.6 is 11.6 Å². The van der Waals surface area contributed by atoms with Gasteiger partial charge in [-0.3, -0.25) is 9.78 Å². The number of hydrogen-bond donors (Lipinski definition) is 1. The summed E-state index contributed by atoms with van der Waals surface area (Å²) < 4.78 is 6.39. The lowest BCUT2D eigenvalue weighted by Crippen LogP contribution is -2.74. The van der Waals surface area contributed by atoms with E-state index in [4.69, 9.17) is 16.3 Å². The Bertz CT molecular complexity index is 1020. The average Bonchev–Trinajstić information content (AvgIpc) is 2.72. The Labute approximate surface area is 189 Å². The molecule has 1 N–H and O–H groups in total. The summed E-state index contributed by atoms with van der Waals surface area (Å²) in [5.74, 6) is 0.842. The molecule has 0 atom stereocenters. The maximum absolute atomic E-state index is 12.9. The lowest BCUT2D eigenvalue weighted by atomic mass is 9.49. The van der Waals surface area contributed by atoms with Crippen molar-refractivity contribution in [1.82, 2.24) is 10.3 Å². The van der Waals surface area contributed by atoms with Gasteiger partial charge in [0.15, 0.2) is 0 Å². The van der Waals surface area contributed by atoms with Crippen LogP contribution in [0.2, 0.25) is 5.02 Å². The van der Waals surface area contributed by atoms with E-state index in [1.165, 1.54) is 0 Å². The summed E-state index contributed by atoms with van der Waals surface area (Å²) in [7, 11) is 0. The van der Waals surface area contributed by atoms with Crippen LogP contribution in [0.1, 0.15) is 74.6 Å². The van der Waals surface area contributed by atoms with Gasteiger partial charge in [0, 0.05) is 28.6 Å². The number of ether oxygens (including phenoxy) is 1. The Kier molecular flexibility index (Phi) is 6.08. The van der Waals surface area contributed by atoms with E-state index in [1.54, 1.807) is 24.4 Å². The number of halogens is 1. The SMILES string of the molecule is Cc1c(OC2C(C)(C)C(NC(=O)c3ccc(C(C)C)cn3)C2(C)C)ccc(C#N)c1Cl. The van der Waals surface area contributed by atoms with Crippen molar-refractivity contribution in [2.45, 2.75) is 66.5 Å². The second kappa shape index (κ2) is 8.16. The number of carbonyl (C=O) groups is 1. The molecule has 0 unspecified atom stereocenters. The van der Waals surface area contributed by atoms with Gasteiger partial charge in [-0.1, -0.05) is 59.2 Å². The molecule has 1 aliphatic carbocycles. The molecule has 1 aromatic heterocycles. The standard InChI is InChI=1S/C25H30ClN3O2/c1-14(2)17-8-10-18(28-13-17)21(30)29-22-24(4,5)23(25(22,6)7)31-19-11-9-16(12-27)20(26)15(19)3/h8-11,13-14,22-23H,1-7H3,(H,29,30). The molecule has 1 amide bonds. The van der Waals surface area contributed by atoms with Crippen LogP contribution in [0.5, 0.6) is 5.75 Å². The molecule has 0 aliphatic heterocycles. The van der Waals surface area contributed by atoms with Crippen LogP contribution in [0.4, 0.5) is 0 Å². The summed E-state index contributed by atoms with van der Waals surface area (Å²) in [5.41, 5.74) is 2.06. The van der Waals surface area contributed by atoms with Crippen molar-refractivity contribution >= 4 is 17.5 Å². The smallest absolute Gasteiger partial charge is 0.270 e. The highest BCUT2D eigenvalue weighted by molar-refractivity contribution is 6.32. The minimum absolute atomic E-state index is 0.0989. The van der Waals surface area contributed by atoms with Gasteiger partial charge >= 0.3 is 0 Å². The highest BCUT2D eigenvalue weighted by Crippen LogP contribution is 2.56. The molecule has 0 spiro atoms. The molecule has 164 valence electrons. The number of nitrogens with one attached hydrogen (secondary N) is 1. The quantitative estimate of drug-likeness (QED) is 0.653. The molecule has 5 nitrogen and oxygen atoms in total. The molecular formula is C25H30ClN3O2. The number of amides is 1. The number of aromatic nitrogens is 1. The molecule has 1 saturated carbocycles. The van der Waals surface area contributed by atoms with Gasteiger partial charge in [-0.25, -0.2) is 0 Å². The average molecular weight is 440 g/mol. The molecule has 1 fully saturated rings.